The predicted octanol–water partition coefficient (Wildman–Crippen LogP) is 1.78. The maximum Gasteiger partial charge on any atom is 0.332 e. The van der Waals surface area contributed by atoms with Gasteiger partial charge in [-0.1, -0.05) is 11.8 Å². The number of urea groups is 1. The van der Waals surface area contributed by atoms with E-state index in [0.717, 1.165) is 15.8 Å². The molecule has 100 valence electrons. The molecule has 0 atom stereocenters. The van der Waals surface area contributed by atoms with Crippen LogP contribution in [0.1, 0.15) is 10.4 Å². The maximum atomic E-state index is 10.4. The molecule has 19 heavy (non-hydrogen) atoms. The number of hydrogen-bond acceptors (Lipinski definition) is 5. The second-order valence-electron chi connectivity index (χ2n) is 3.70. The van der Waals surface area contributed by atoms with Gasteiger partial charge in [0.2, 0.25) is 0 Å². The van der Waals surface area contributed by atoms with E-state index >= 15 is 0 Å². The lowest BCUT2D eigenvalue weighted by molar-refractivity contribution is 0.249. The molecule has 0 aliphatic rings. The predicted molar refractivity (Wildman–Crippen MR) is 77.4 cm³/mol. The standard InChI is InChI=1S/C11H13N5OS2/c1-16-3-2-13-11(16)19-7-8-4-9(18-6-8)5-14-15-10(12)17/h2-6H,7H2,1H3,(H3,12,15,17). The Labute approximate surface area is 118 Å². The molecule has 0 bridgehead atoms. The molecule has 0 radical (unpaired) electrons. The summed E-state index contributed by atoms with van der Waals surface area (Å²) in [5.41, 5.74) is 8.26. The number of aryl methyl sites for hydroxylation is 1. The minimum absolute atomic E-state index is 0.668. The number of nitrogens with two attached hydrogens (primary N) is 1. The first-order valence-electron chi connectivity index (χ1n) is 5.41. The quantitative estimate of drug-likeness (QED) is 0.501. The van der Waals surface area contributed by atoms with Gasteiger partial charge in [0, 0.05) is 30.1 Å². The number of nitrogens with one attached hydrogen (secondary N) is 1. The number of amides is 2. The van der Waals surface area contributed by atoms with E-state index in [9.17, 15) is 4.79 Å². The van der Waals surface area contributed by atoms with Crippen LogP contribution in [0.15, 0.2) is 34.1 Å². The fourth-order valence-corrected chi connectivity index (χ4v) is 3.08. The third-order valence-corrected chi connectivity index (χ3v) is 4.23. The van der Waals surface area contributed by atoms with E-state index in [1.54, 1.807) is 35.5 Å². The molecule has 0 spiro atoms. The number of rotatable bonds is 5. The number of imidazole rings is 1. The van der Waals surface area contributed by atoms with Crippen molar-refractivity contribution in [2.75, 3.05) is 0 Å². The lowest BCUT2D eigenvalue weighted by atomic mass is 10.3. The number of aromatic nitrogens is 2. The van der Waals surface area contributed by atoms with E-state index in [-0.39, 0.29) is 0 Å². The second-order valence-corrected chi connectivity index (χ2v) is 5.59. The monoisotopic (exact) mass is 295 g/mol. The van der Waals surface area contributed by atoms with Gasteiger partial charge in [0.1, 0.15) is 0 Å². The molecule has 0 unspecified atom stereocenters. The van der Waals surface area contributed by atoms with Crippen LogP contribution in [0.2, 0.25) is 0 Å². The summed E-state index contributed by atoms with van der Waals surface area (Å²) < 4.78 is 1.98. The third-order valence-electron chi connectivity index (χ3n) is 2.19. The molecule has 2 aromatic rings. The summed E-state index contributed by atoms with van der Waals surface area (Å²) in [4.78, 5) is 15.7. The van der Waals surface area contributed by atoms with Crippen molar-refractivity contribution < 1.29 is 4.79 Å². The smallest absolute Gasteiger partial charge is 0.332 e. The zero-order valence-electron chi connectivity index (χ0n) is 10.2. The van der Waals surface area contributed by atoms with Gasteiger partial charge in [0.25, 0.3) is 0 Å². The molecule has 8 heteroatoms. The molecule has 0 saturated heterocycles. The summed E-state index contributed by atoms with van der Waals surface area (Å²) >= 11 is 3.23. The number of carbonyl (C=O) groups is 1. The van der Waals surface area contributed by atoms with Gasteiger partial charge >= 0.3 is 6.03 Å². The Kier molecular flexibility index (Phi) is 4.58. The van der Waals surface area contributed by atoms with E-state index in [2.05, 4.69) is 20.9 Å². The lowest BCUT2D eigenvalue weighted by Crippen LogP contribution is -2.24. The summed E-state index contributed by atoms with van der Waals surface area (Å²) in [6.45, 7) is 0. The Morgan fingerprint density at radius 2 is 2.58 bits per heavy atom. The van der Waals surface area contributed by atoms with Crippen molar-refractivity contribution >= 4 is 35.3 Å². The molecule has 0 aliphatic carbocycles. The van der Waals surface area contributed by atoms with Gasteiger partial charge in [0.15, 0.2) is 5.16 Å². The van der Waals surface area contributed by atoms with Crippen LogP contribution in [0.5, 0.6) is 0 Å². The average Bonchev–Trinajstić information content (AvgIpc) is 2.95. The van der Waals surface area contributed by atoms with Crippen LogP contribution < -0.4 is 11.2 Å². The normalized spacial score (nSPS) is 11.0. The zero-order valence-corrected chi connectivity index (χ0v) is 11.9. The Morgan fingerprint density at radius 3 is 3.26 bits per heavy atom. The van der Waals surface area contributed by atoms with Gasteiger partial charge in [-0.05, 0) is 17.0 Å². The molecular weight excluding hydrogens is 282 g/mol. The molecule has 2 rings (SSSR count). The highest BCUT2D eigenvalue weighted by atomic mass is 32.2. The van der Waals surface area contributed by atoms with Crippen molar-refractivity contribution in [1.82, 2.24) is 15.0 Å². The van der Waals surface area contributed by atoms with Gasteiger partial charge < -0.3 is 10.3 Å². The molecule has 6 nitrogen and oxygen atoms in total. The van der Waals surface area contributed by atoms with Crippen LogP contribution in [-0.2, 0) is 12.8 Å². The van der Waals surface area contributed by atoms with Crippen LogP contribution in [0.4, 0.5) is 4.79 Å². The molecule has 2 aromatic heterocycles. The molecule has 0 aromatic carbocycles. The van der Waals surface area contributed by atoms with E-state index in [0.29, 0.717) is 0 Å². The largest absolute Gasteiger partial charge is 0.350 e. The van der Waals surface area contributed by atoms with Gasteiger partial charge in [0.05, 0.1) is 6.21 Å². The summed E-state index contributed by atoms with van der Waals surface area (Å²) in [7, 11) is 1.97. The van der Waals surface area contributed by atoms with Gasteiger partial charge in [-0.25, -0.2) is 15.2 Å². The Morgan fingerprint density at radius 1 is 1.74 bits per heavy atom. The minimum atomic E-state index is -0.668. The number of thioether (sulfide) groups is 1. The fourth-order valence-electron chi connectivity index (χ4n) is 1.34. The van der Waals surface area contributed by atoms with Gasteiger partial charge in [-0.3, -0.25) is 0 Å². The van der Waals surface area contributed by atoms with Crippen LogP contribution in [0.25, 0.3) is 0 Å². The second kappa shape index (κ2) is 6.39. The number of carbonyl (C=O) groups excluding carboxylic acids is 1. The highest BCUT2D eigenvalue weighted by molar-refractivity contribution is 7.98. The van der Waals surface area contributed by atoms with E-state index in [4.69, 9.17) is 5.73 Å². The van der Waals surface area contributed by atoms with Gasteiger partial charge in [-0.15, -0.1) is 11.3 Å². The maximum absolute atomic E-state index is 10.4. The first kappa shape index (κ1) is 13.6. The van der Waals surface area contributed by atoms with Crippen molar-refractivity contribution in [3.63, 3.8) is 0 Å². The van der Waals surface area contributed by atoms with Crippen LogP contribution in [0.3, 0.4) is 0 Å². The van der Waals surface area contributed by atoms with Crippen molar-refractivity contribution in [3.8, 4) is 0 Å². The fraction of sp³-hybridized carbons (Fsp3) is 0.182. The van der Waals surface area contributed by atoms with E-state index in [1.807, 2.05) is 23.9 Å². The third kappa shape index (κ3) is 4.11. The van der Waals surface area contributed by atoms with Crippen molar-refractivity contribution in [2.45, 2.75) is 10.9 Å². The Balaban J connectivity index is 1.89. The van der Waals surface area contributed by atoms with Crippen molar-refractivity contribution in [1.29, 1.82) is 0 Å². The lowest BCUT2D eigenvalue weighted by Gasteiger charge is -1.99. The van der Waals surface area contributed by atoms with Crippen LogP contribution in [0, 0.1) is 0 Å². The van der Waals surface area contributed by atoms with Crippen LogP contribution >= 0.6 is 23.1 Å². The molecule has 3 N–H and O–H groups in total. The molecule has 2 amide bonds. The van der Waals surface area contributed by atoms with Crippen molar-refractivity contribution in [2.24, 2.45) is 17.9 Å². The highest BCUT2D eigenvalue weighted by Crippen LogP contribution is 2.23. The van der Waals surface area contributed by atoms with Gasteiger partial charge in [-0.2, -0.15) is 5.10 Å². The Hall–Kier alpha value is -1.80. The first-order valence-corrected chi connectivity index (χ1v) is 7.27. The molecule has 2 heterocycles. The SMILES string of the molecule is Cn1ccnc1SCc1csc(C=NNC(N)=O)c1. The zero-order chi connectivity index (χ0) is 13.7. The minimum Gasteiger partial charge on any atom is -0.350 e. The molecule has 0 fully saturated rings. The van der Waals surface area contributed by atoms with Crippen molar-refractivity contribution in [3.05, 3.63) is 34.3 Å². The summed E-state index contributed by atoms with van der Waals surface area (Å²) in [5, 5.41) is 6.76. The summed E-state index contributed by atoms with van der Waals surface area (Å²) in [5.74, 6) is 0.846. The number of nitrogens with zero attached hydrogens (tertiary/aromatic N) is 3. The summed E-state index contributed by atoms with van der Waals surface area (Å²) in [6.07, 6.45) is 5.28. The van der Waals surface area contributed by atoms with E-state index in [1.165, 1.54) is 5.56 Å². The molecular formula is C11H13N5OS2. The summed E-state index contributed by atoms with van der Waals surface area (Å²) in [6, 6.07) is 1.35. The first-order chi connectivity index (χ1) is 9.15. The topological polar surface area (TPSA) is 85.3 Å². The number of primary amides is 1. The van der Waals surface area contributed by atoms with Crippen LogP contribution in [-0.4, -0.2) is 21.8 Å². The van der Waals surface area contributed by atoms with E-state index < -0.39 is 6.03 Å². The number of hydrogen-bond donors (Lipinski definition) is 2. The number of thiophene rings is 1. The average molecular weight is 295 g/mol. The molecule has 0 saturated carbocycles. The highest BCUT2D eigenvalue weighted by Gasteiger charge is 2.03. The Bertz CT molecular complexity index is 589. The molecule has 0 aliphatic heterocycles. The number of hydrazone groups is 1.